The topological polar surface area (TPSA) is 59.2 Å². The highest BCUT2D eigenvalue weighted by Gasteiger charge is 2.14. The molecule has 0 radical (unpaired) electrons. The van der Waals surface area contributed by atoms with Gasteiger partial charge in [0, 0.05) is 18.1 Å². The van der Waals surface area contributed by atoms with E-state index in [4.69, 9.17) is 5.73 Å². The maximum Gasteiger partial charge on any atom is 0.232 e. The van der Waals surface area contributed by atoms with Gasteiger partial charge in [0.1, 0.15) is 0 Å². The zero-order chi connectivity index (χ0) is 12.3. The van der Waals surface area contributed by atoms with Gasteiger partial charge in [0.05, 0.1) is 24.0 Å². The molecule has 0 saturated heterocycles. The van der Waals surface area contributed by atoms with Crippen molar-refractivity contribution in [1.82, 2.24) is 4.98 Å². The number of anilines is 2. The van der Waals surface area contributed by atoms with Crippen LogP contribution in [0.3, 0.4) is 0 Å². The number of aromatic nitrogens is 1. The van der Waals surface area contributed by atoms with Crippen LogP contribution in [0.15, 0.2) is 36.0 Å². The molecule has 5 heteroatoms. The number of nitrogens with zero attached hydrogens (tertiary/aromatic N) is 2. The molecule has 4 nitrogen and oxygen atoms in total. The second-order valence-electron chi connectivity index (χ2n) is 3.64. The van der Waals surface area contributed by atoms with Gasteiger partial charge in [-0.1, -0.05) is 6.07 Å². The van der Waals surface area contributed by atoms with E-state index >= 15 is 0 Å². The lowest BCUT2D eigenvalue weighted by molar-refractivity contribution is -0.117. The van der Waals surface area contributed by atoms with Gasteiger partial charge < -0.3 is 10.6 Å². The molecule has 2 aromatic heterocycles. The first-order valence-corrected chi connectivity index (χ1v) is 6.05. The predicted octanol–water partition coefficient (Wildman–Crippen LogP) is 1.93. The maximum atomic E-state index is 12.0. The number of carbonyl (C=O) groups is 1. The number of hydrogen-bond donors (Lipinski definition) is 1. The number of carbonyl (C=O) groups excluding carboxylic acids is 1. The Bertz CT molecular complexity index is 510. The second-order valence-corrected chi connectivity index (χ2v) is 4.68. The van der Waals surface area contributed by atoms with Gasteiger partial charge in [0.25, 0.3) is 0 Å². The number of amides is 1. The Morgan fingerprint density at radius 2 is 2.35 bits per heavy atom. The smallest absolute Gasteiger partial charge is 0.232 e. The molecule has 17 heavy (non-hydrogen) atoms. The van der Waals surface area contributed by atoms with Crippen LogP contribution in [0, 0.1) is 0 Å². The van der Waals surface area contributed by atoms with Crippen molar-refractivity contribution in [2.75, 3.05) is 17.7 Å². The molecule has 0 saturated carbocycles. The summed E-state index contributed by atoms with van der Waals surface area (Å²) in [5.41, 5.74) is 6.98. The Kier molecular flexibility index (Phi) is 3.39. The van der Waals surface area contributed by atoms with Gasteiger partial charge >= 0.3 is 0 Å². The van der Waals surface area contributed by atoms with E-state index in [1.807, 2.05) is 17.5 Å². The standard InChI is InChI=1S/C12H13N3OS/c1-15(11-4-5-14-8-10(11)13)12(16)7-9-3-2-6-17-9/h2-6,8H,7,13H2,1H3. The quantitative estimate of drug-likeness (QED) is 0.901. The van der Waals surface area contributed by atoms with Crippen LogP contribution in [0.25, 0.3) is 0 Å². The van der Waals surface area contributed by atoms with Crippen LogP contribution in [-0.4, -0.2) is 17.9 Å². The van der Waals surface area contributed by atoms with Crippen molar-refractivity contribution in [3.05, 3.63) is 40.8 Å². The normalized spacial score (nSPS) is 10.2. The third kappa shape index (κ3) is 2.62. The van der Waals surface area contributed by atoms with Gasteiger partial charge in [-0.3, -0.25) is 9.78 Å². The summed E-state index contributed by atoms with van der Waals surface area (Å²) in [6.45, 7) is 0. The van der Waals surface area contributed by atoms with E-state index in [1.165, 1.54) is 0 Å². The summed E-state index contributed by atoms with van der Waals surface area (Å²) in [4.78, 5) is 18.5. The van der Waals surface area contributed by atoms with Gasteiger partial charge in [-0.25, -0.2) is 0 Å². The number of pyridine rings is 1. The number of nitrogens with two attached hydrogens (primary N) is 1. The fourth-order valence-corrected chi connectivity index (χ4v) is 2.22. The Hall–Kier alpha value is -1.88. The molecule has 0 aliphatic heterocycles. The fraction of sp³-hybridized carbons (Fsp3) is 0.167. The summed E-state index contributed by atoms with van der Waals surface area (Å²) in [6.07, 6.45) is 3.57. The highest BCUT2D eigenvalue weighted by Crippen LogP contribution is 2.21. The van der Waals surface area contributed by atoms with Crippen LogP contribution >= 0.6 is 11.3 Å². The lowest BCUT2D eigenvalue weighted by Crippen LogP contribution is -2.28. The van der Waals surface area contributed by atoms with E-state index in [2.05, 4.69) is 4.98 Å². The minimum Gasteiger partial charge on any atom is -0.396 e. The van der Waals surface area contributed by atoms with Crippen molar-refractivity contribution >= 4 is 28.6 Å². The summed E-state index contributed by atoms with van der Waals surface area (Å²) in [7, 11) is 1.72. The minimum absolute atomic E-state index is 0.0188. The molecule has 0 aromatic carbocycles. The molecule has 2 aromatic rings. The molecule has 2 N–H and O–H groups in total. The number of rotatable bonds is 3. The predicted molar refractivity (Wildman–Crippen MR) is 70.1 cm³/mol. The molecule has 1 amide bonds. The van der Waals surface area contributed by atoms with Crippen molar-refractivity contribution in [3.8, 4) is 0 Å². The summed E-state index contributed by atoms with van der Waals surface area (Å²) in [5.74, 6) is 0.0188. The van der Waals surface area contributed by atoms with Crippen LogP contribution in [0.4, 0.5) is 11.4 Å². The van der Waals surface area contributed by atoms with Gasteiger partial charge in [0.2, 0.25) is 5.91 Å². The van der Waals surface area contributed by atoms with Crippen molar-refractivity contribution in [1.29, 1.82) is 0 Å². The lowest BCUT2D eigenvalue weighted by Gasteiger charge is -2.18. The number of hydrogen-bond acceptors (Lipinski definition) is 4. The van der Waals surface area contributed by atoms with Gasteiger partial charge in [-0.15, -0.1) is 11.3 Å². The van der Waals surface area contributed by atoms with Crippen molar-refractivity contribution in [3.63, 3.8) is 0 Å². The largest absolute Gasteiger partial charge is 0.396 e. The van der Waals surface area contributed by atoms with Crippen LogP contribution in [-0.2, 0) is 11.2 Å². The maximum absolute atomic E-state index is 12.0. The Morgan fingerprint density at radius 1 is 1.53 bits per heavy atom. The van der Waals surface area contributed by atoms with E-state index < -0.39 is 0 Å². The van der Waals surface area contributed by atoms with Gasteiger partial charge in [-0.2, -0.15) is 0 Å². The van der Waals surface area contributed by atoms with E-state index in [9.17, 15) is 4.79 Å². The zero-order valence-electron chi connectivity index (χ0n) is 9.46. The van der Waals surface area contributed by atoms with E-state index in [-0.39, 0.29) is 5.91 Å². The monoisotopic (exact) mass is 247 g/mol. The van der Waals surface area contributed by atoms with Crippen LogP contribution < -0.4 is 10.6 Å². The third-order valence-electron chi connectivity index (χ3n) is 2.47. The first kappa shape index (κ1) is 11.6. The van der Waals surface area contributed by atoms with E-state index in [0.29, 0.717) is 17.8 Å². The molecule has 0 bridgehead atoms. The second kappa shape index (κ2) is 4.97. The Labute approximate surface area is 104 Å². The first-order valence-electron chi connectivity index (χ1n) is 5.17. The Balaban J connectivity index is 2.12. The number of nitrogen functional groups attached to an aromatic ring is 1. The summed E-state index contributed by atoms with van der Waals surface area (Å²) in [6, 6.07) is 5.63. The molecule has 0 fully saturated rings. The first-order chi connectivity index (χ1) is 8.18. The van der Waals surface area contributed by atoms with E-state index in [0.717, 1.165) is 4.88 Å². The Morgan fingerprint density at radius 3 is 3.00 bits per heavy atom. The summed E-state index contributed by atoms with van der Waals surface area (Å²) in [5, 5.41) is 1.96. The fourth-order valence-electron chi connectivity index (χ4n) is 1.52. The van der Waals surface area contributed by atoms with Crippen LogP contribution in [0.5, 0.6) is 0 Å². The van der Waals surface area contributed by atoms with Crippen molar-refractivity contribution in [2.24, 2.45) is 0 Å². The molecule has 0 spiro atoms. The van der Waals surface area contributed by atoms with Crippen molar-refractivity contribution in [2.45, 2.75) is 6.42 Å². The van der Waals surface area contributed by atoms with E-state index in [1.54, 1.807) is 41.7 Å². The van der Waals surface area contributed by atoms with Gasteiger partial charge in [-0.05, 0) is 17.5 Å². The van der Waals surface area contributed by atoms with Gasteiger partial charge in [0.15, 0.2) is 0 Å². The molecule has 2 rings (SSSR count). The average molecular weight is 247 g/mol. The lowest BCUT2D eigenvalue weighted by atomic mass is 10.2. The molecule has 0 atom stereocenters. The van der Waals surface area contributed by atoms with Crippen molar-refractivity contribution < 1.29 is 4.79 Å². The molecule has 0 unspecified atom stereocenters. The molecule has 0 aliphatic rings. The molecule has 2 heterocycles. The average Bonchev–Trinajstić information content (AvgIpc) is 2.81. The van der Waals surface area contributed by atoms with Crippen LogP contribution in [0.1, 0.15) is 4.88 Å². The highest BCUT2D eigenvalue weighted by molar-refractivity contribution is 7.10. The SMILES string of the molecule is CN(C(=O)Cc1cccs1)c1ccncc1N. The molecule has 88 valence electrons. The minimum atomic E-state index is 0.0188. The third-order valence-corrected chi connectivity index (χ3v) is 3.35. The molecular weight excluding hydrogens is 234 g/mol. The number of likely N-dealkylation sites (N-methyl/N-ethyl adjacent to an activating group) is 1. The number of thiophene rings is 1. The highest BCUT2D eigenvalue weighted by atomic mass is 32.1. The van der Waals surface area contributed by atoms with Crippen LogP contribution in [0.2, 0.25) is 0 Å². The molecule has 0 aliphatic carbocycles. The molecular formula is C12H13N3OS. The zero-order valence-corrected chi connectivity index (χ0v) is 10.3. The summed E-state index contributed by atoms with van der Waals surface area (Å²) >= 11 is 1.58. The summed E-state index contributed by atoms with van der Waals surface area (Å²) < 4.78 is 0.